The van der Waals surface area contributed by atoms with Crippen LogP contribution in [0.4, 0.5) is 0 Å². The van der Waals surface area contributed by atoms with Crippen LogP contribution in [0.2, 0.25) is 5.02 Å². The third-order valence-electron chi connectivity index (χ3n) is 2.60. The van der Waals surface area contributed by atoms with Crippen LogP contribution in [0.15, 0.2) is 24.5 Å². The van der Waals surface area contributed by atoms with Gasteiger partial charge in [0.2, 0.25) is 0 Å². The Labute approximate surface area is 105 Å². The number of hydrogen-bond acceptors (Lipinski definition) is 3. The van der Waals surface area contributed by atoms with Gasteiger partial charge in [0.1, 0.15) is 6.10 Å². The third-order valence-corrected chi connectivity index (χ3v) is 2.83. The van der Waals surface area contributed by atoms with Crippen molar-refractivity contribution in [1.29, 1.82) is 0 Å². The van der Waals surface area contributed by atoms with E-state index >= 15 is 0 Å². The summed E-state index contributed by atoms with van der Waals surface area (Å²) in [6, 6.07) is 3.42. The van der Waals surface area contributed by atoms with Crippen molar-refractivity contribution in [2.75, 3.05) is 0 Å². The van der Waals surface area contributed by atoms with Gasteiger partial charge in [-0.25, -0.2) is 0 Å². The van der Waals surface area contributed by atoms with Crippen LogP contribution in [-0.4, -0.2) is 20.3 Å². The van der Waals surface area contributed by atoms with Crippen molar-refractivity contribution < 1.29 is 5.11 Å². The largest absolute Gasteiger partial charge is 0.382 e. The molecular weight excluding hydrogens is 238 g/mol. The average Bonchev–Trinajstić information content (AvgIpc) is 2.78. The van der Waals surface area contributed by atoms with E-state index < -0.39 is 6.10 Å². The van der Waals surface area contributed by atoms with Gasteiger partial charge in [0.05, 0.1) is 16.9 Å². The van der Waals surface area contributed by atoms with Gasteiger partial charge in [0.15, 0.2) is 0 Å². The Bertz CT molecular complexity index is 493. The Kier molecular flexibility index (Phi) is 3.45. The van der Waals surface area contributed by atoms with E-state index in [9.17, 15) is 5.11 Å². The average molecular weight is 252 g/mol. The summed E-state index contributed by atoms with van der Waals surface area (Å²) in [6.07, 6.45) is 2.38. The summed E-state index contributed by atoms with van der Waals surface area (Å²) in [5.74, 6) is 0.273. The maximum atomic E-state index is 10.2. The van der Waals surface area contributed by atoms with Crippen molar-refractivity contribution in [1.82, 2.24) is 15.2 Å². The summed E-state index contributed by atoms with van der Waals surface area (Å²) in [5.41, 5.74) is 2.25. The van der Waals surface area contributed by atoms with Crippen LogP contribution in [0, 0.1) is 0 Å². The molecule has 0 fully saturated rings. The molecule has 0 aliphatic heterocycles. The molecule has 17 heavy (non-hydrogen) atoms. The summed E-state index contributed by atoms with van der Waals surface area (Å²) in [7, 11) is 0. The topological polar surface area (TPSA) is 61.8 Å². The Balaban J connectivity index is 2.33. The molecule has 0 amide bonds. The van der Waals surface area contributed by atoms with Gasteiger partial charge in [0, 0.05) is 17.5 Å². The van der Waals surface area contributed by atoms with E-state index in [1.54, 1.807) is 18.3 Å². The third kappa shape index (κ3) is 2.48. The molecule has 0 saturated carbocycles. The second-order valence-electron chi connectivity index (χ2n) is 4.20. The van der Waals surface area contributed by atoms with Crippen molar-refractivity contribution in [3.8, 4) is 0 Å². The lowest BCUT2D eigenvalue weighted by atomic mass is 10.0. The van der Waals surface area contributed by atoms with Gasteiger partial charge in [-0.05, 0) is 18.1 Å². The number of nitrogens with one attached hydrogen (secondary N) is 1. The zero-order valence-electron chi connectivity index (χ0n) is 9.68. The molecule has 0 spiro atoms. The summed E-state index contributed by atoms with van der Waals surface area (Å²) < 4.78 is 0. The second kappa shape index (κ2) is 4.85. The van der Waals surface area contributed by atoms with E-state index in [-0.39, 0.29) is 5.92 Å². The molecule has 0 aliphatic rings. The van der Waals surface area contributed by atoms with Gasteiger partial charge in [-0.1, -0.05) is 25.4 Å². The number of H-pyrrole nitrogens is 1. The van der Waals surface area contributed by atoms with Crippen molar-refractivity contribution in [3.63, 3.8) is 0 Å². The number of rotatable bonds is 3. The highest BCUT2D eigenvalue weighted by Gasteiger charge is 2.19. The van der Waals surface area contributed by atoms with Crippen molar-refractivity contribution in [3.05, 3.63) is 46.5 Å². The number of nitrogens with zero attached hydrogens (tertiary/aromatic N) is 2. The fraction of sp³-hybridized carbons (Fsp3) is 0.333. The van der Waals surface area contributed by atoms with Crippen LogP contribution in [0.25, 0.3) is 0 Å². The predicted octanol–water partition coefficient (Wildman–Crippen LogP) is 2.66. The van der Waals surface area contributed by atoms with E-state index in [1.807, 2.05) is 13.8 Å². The minimum absolute atomic E-state index is 0.273. The van der Waals surface area contributed by atoms with Crippen LogP contribution >= 0.6 is 11.6 Å². The van der Waals surface area contributed by atoms with Crippen LogP contribution in [0.5, 0.6) is 0 Å². The molecule has 1 unspecified atom stereocenters. The molecule has 2 heterocycles. The smallest absolute Gasteiger partial charge is 0.124 e. The molecule has 0 aromatic carbocycles. The maximum Gasteiger partial charge on any atom is 0.124 e. The predicted molar refractivity (Wildman–Crippen MR) is 66.0 cm³/mol. The number of aliphatic hydroxyl groups excluding tert-OH is 1. The molecule has 2 aromatic heterocycles. The normalized spacial score (nSPS) is 13.0. The van der Waals surface area contributed by atoms with Gasteiger partial charge in [-0.15, -0.1) is 0 Å². The highest BCUT2D eigenvalue weighted by Crippen LogP contribution is 2.26. The molecule has 1 atom stereocenters. The quantitative estimate of drug-likeness (QED) is 0.882. The molecule has 2 aromatic rings. The molecule has 0 radical (unpaired) electrons. The Hall–Kier alpha value is -1.39. The van der Waals surface area contributed by atoms with Gasteiger partial charge < -0.3 is 5.11 Å². The van der Waals surface area contributed by atoms with E-state index in [0.29, 0.717) is 10.7 Å². The Morgan fingerprint density at radius 1 is 1.29 bits per heavy atom. The minimum atomic E-state index is -0.775. The summed E-state index contributed by atoms with van der Waals surface area (Å²) in [4.78, 5) is 4.11. The van der Waals surface area contributed by atoms with E-state index in [2.05, 4.69) is 15.2 Å². The first-order valence-electron chi connectivity index (χ1n) is 5.42. The number of aromatic amines is 1. The van der Waals surface area contributed by atoms with E-state index in [1.165, 1.54) is 6.20 Å². The molecule has 5 heteroatoms. The molecule has 90 valence electrons. The number of hydrogen-bond donors (Lipinski definition) is 2. The molecule has 2 rings (SSSR count). The highest BCUT2D eigenvalue weighted by molar-refractivity contribution is 6.30. The SMILES string of the molecule is CC(C)c1[nH]ncc1C(O)c1ccc(Cl)cn1. The van der Waals surface area contributed by atoms with Gasteiger partial charge in [-0.3, -0.25) is 10.1 Å². The van der Waals surface area contributed by atoms with E-state index in [0.717, 1.165) is 11.3 Å². The highest BCUT2D eigenvalue weighted by atomic mass is 35.5. The van der Waals surface area contributed by atoms with Gasteiger partial charge >= 0.3 is 0 Å². The first-order valence-corrected chi connectivity index (χ1v) is 5.80. The van der Waals surface area contributed by atoms with Crippen LogP contribution in [0.1, 0.15) is 42.8 Å². The first-order chi connectivity index (χ1) is 8.09. The van der Waals surface area contributed by atoms with Crippen molar-refractivity contribution in [2.45, 2.75) is 25.9 Å². The number of aromatic nitrogens is 3. The number of halogens is 1. The Morgan fingerprint density at radius 3 is 2.65 bits per heavy atom. The maximum absolute atomic E-state index is 10.2. The van der Waals surface area contributed by atoms with Crippen LogP contribution in [0.3, 0.4) is 0 Å². The zero-order valence-corrected chi connectivity index (χ0v) is 10.4. The second-order valence-corrected chi connectivity index (χ2v) is 4.63. The molecule has 0 aliphatic carbocycles. The standard InChI is InChI=1S/C12H14ClN3O/c1-7(2)11-9(6-15-16-11)12(17)10-4-3-8(13)5-14-10/h3-7,12,17H,1-2H3,(H,15,16). The number of pyridine rings is 1. The van der Waals surface area contributed by atoms with Crippen LogP contribution < -0.4 is 0 Å². The van der Waals surface area contributed by atoms with E-state index in [4.69, 9.17) is 11.6 Å². The molecular formula is C12H14ClN3O. The molecule has 0 saturated heterocycles. The van der Waals surface area contributed by atoms with Crippen LogP contribution in [-0.2, 0) is 0 Å². The number of aliphatic hydroxyl groups is 1. The lowest BCUT2D eigenvalue weighted by molar-refractivity contribution is 0.214. The Morgan fingerprint density at radius 2 is 2.06 bits per heavy atom. The lowest BCUT2D eigenvalue weighted by Crippen LogP contribution is -2.05. The molecule has 2 N–H and O–H groups in total. The summed E-state index contributed by atoms with van der Waals surface area (Å²) in [5, 5.41) is 17.7. The summed E-state index contributed by atoms with van der Waals surface area (Å²) in [6.45, 7) is 4.08. The van der Waals surface area contributed by atoms with Crippen molar-refractivity contribution >= 4 is 11.6 Å². The fourth-order valence-corrected chi connectivity index (χ4v) is 1.81. The zero-order chi connectivity index (χ0) is 12.4. The molecule has 4 nitrogen and oxygen atoms in total. The van der Waals surface area contributed by atoms with Gasteiger partial charge in [0.25, 0.3) is 0 Å². The fourth-order valence-electron chi connectivity index (χ4n) is 1.69. The minimum Gasteiger partial charge on any atom is -0.382 e. The monoisotopic (exact) mass is 251 g/mol. The lowest BCUT2D eigenvalue weighted by Gasteiger charge is -2.12. The first kappa shape index (κ1) is 12.1. The van der Waals surface area contributed by atoms with Gasteiger partial charge in [-0.2, -0.15) is 5.10 Å². The summed E-state index contributed by atoms with van der Waals surface area (Å²) >= 11 is 5.76. The van der Waals surface area contributed by atoms with Crippen molar-refractivity contribution in [2.24, 2.45) is 0 Å². The molecule has 0 bridgehead atoms.